The molecule has 3 N–H and O–H groups in total. The lowest BCUT2D eigenvalue weighted by molar-refractivity contribution is -0.160. The third-order valence-corrected chi connectivity index (χ3v) is 17.4. The predicted molar refractivity (Wildman–Crippen MR) is 364 cm³/mol. The Labute approximate surface area is 548 Å². The highest BCUT2D eigenvalue weighted by molar-refractivity contribution is 7.99. The quantitative estimate of drug-likeness (QED) is 0.0321. The maximum Gasteiger partial charge on any atom is 0.407 e. The second-order valence-corrected chi connectivity index (χ2v) is 28.0. The minimum absolute atomic E-state index is 0.0499. The number of thioether (sulfide) groups is 1. The van der Waals surface area contributed by atoms with Crippen molar-refractivity contribution in [3.63, 3.8) is 0 Å². The molecule has 0 heterocycles. The summed E-state index contributed by atoms with van der Waals surface area (Å²) in [5, 5.41) is 8.61. The van der Waals surface area contributed by atoms with Gasteiger partial charge in [0, 0.05) is 49.7 Å². The van der Waals surface area contributed by atoms with E-state index < -0.39 is 47.4 Å². The van der Waals surface area contributed by atoms with Crippen LogP contribution < -0.4 is 16.0 Å². The number of hydrogen-bond acceptors (Lipinski definition) is 13. The van der Waals surface area contributed by atoms with Crippen molar-refractivity contribution in [2.75, 3.05) is 31.3 Å². The van der Waals surface area contributed by atoms with Crippen molar-refractivity contribution in [2.24, 2.45) is 0 Å². The van der Waals surface area contributed by atoms with E-state index in [4.69, 9.17) is 23.7 Å². The molecular weight excluding hydrogens is 1150 g/mol. The van der Waals surface area contributed by atoms with Crippen LogP contribution in [0.1, 0.15) is 304 Å². The molecule has 0 saturated heterocycles. The molecule has 0 unspecified atom stereocenters. The van der Waals surface area contributed by atoms with Gasteiger partial charge in [-0.05, 0) is 95.9 Å². The maximum absolute atomic E-state index is 14.0. The number of nitrogens with one attached hydrogen (secondary N) is 3. The lowest BCUT2D eigenvalue weighted by Crippen LogP contribution is -2.49. The van der Waals surface area contributed by atoms with E-state index in [-0.39, 0.29) is 80.1 Å². The number of carbonyl (C=O) groups excluding carboxylic acids is 7. The summed E-state index contributed by atoms with van der Waals surface area (Å²) in [6.45, 7) is 15.4. The molecule has 2 aromatic rings. The number of rotatable bonds is 52. The van der Waals surface area contributed by atoms with E-state index in [1.54, 1.807) is 41.5 Å². The van der Waals surface area contributed by atoms with Crippen LogP contribution in [0.15, 0.2) is 48.5 Å². The Morgan fingerprint density at radius 3 is 1.40 bits per heavy atom. The zero-order valence-corrected chi connectivity index (χ0v) is 58.0. The smallest absolute Gasteiger partial charge is 0.407 e. The summed E-state index contributed by atoms with van der Waals surface area (Å²) in [6.07, 6.45) is 34.1. The van der Waals surface area contributed by atoms with E-state index in [2.05, 4.69) is 41.9 Å². The van der Waals surface area contributed by atoms with Crippen LogP contribution in [-0.2, 0) is 52.5 Å². The van der Waals surface area contributed by atoms with Crippen molar-refractivity contribution in [1.82, 2.24) is 16.0 Å². The van der Waals surface area contributed by atoms with E-state index in [1.807, 2.05) is 36.4 Å². The number of esters is 4. The van der Waals surface area contributed by atoms with Gasteiger partial charge in [0.05, 0.1) is 0 Å². The number of ether oxygens (including phenoxy) is 5. The molecule has 15 nitrogen and oxygen atoms in total. The Morgan fingerprint density at radius 2 is 0.911 bits per heavy atom. The van der Waals surface area contributed by atoms with Gasteiger partial charge in [0.15, 0.2) is 0 Å². The first kappa shape index (κ1) is 79.1. The molecule has 0 saturated carbocycles. The average Bonchev–Trinajstić information content (AvgIpc) is 1.66. The summed E-state index contributed by atoms with van der Waals surface area (Å²) in [4.78, 5) is 92.7. The molecule has 510 valence electrons. The van der Waals surface area contributed by atoms with Gasteiger partial charge in [0.2, 0.25) is 11.8 Å². The first-order valence-corrected chi connectivity index (χ1v) is 36.5. The summed E-state index contributed by atoms with van der Waals surface area (Å²) >= 11 is 1.33. The van der Waals surface area contributed by atoms with E-state index >= 15 is 0 Å². The Balaban J connectivity index is 1.58. The standard InChI is InChI=1S/C74H121N3O12S/c1-9-11-13-15-17-19-21-23-25-27-29-33-37-49-67(79)85-54-58(87-68(80)50-38-34-30-28-26-24-22-20-18-16-14-12-10-2)56-90-57-65(77-72(84)86-55-63-61-46-41-39-44-59(61)60-45-40-42-47-62(60)63)70(82)75-53-43-35-31-32-36-48-66(78)76-64(71(83)89-74(6,7)8)51-52-69(81)88-73(3,4)5/h39-42,44-47,58,63-65H,9-38,43,48-57H2,1-8H3,(H,75,82)(H,76,78)(H,77,84)/t58-,64+,65+/m1/s1. The largest absolute Gasteiger partial charge is 0.462 e. The van der Waals surface area contributed by atoms with Crippen LogP contribution in [-0.4, -0.2) is 102 Å². The third kappa shape index (κ3) is 38.0. The van der Waals surface area contributed by atoms with Crippen molar-refractivity contribution >= 4 is 53.5 Å². The molecule has 3 atom stereocenters. The maximum atomic E-state index is 14.0. The minimum atomic E-state index is -1.00. The second kappa shape index (κ2) is 47.7. The van der Waals surface area contributed by atoms with E-state index in [0.717, 1.165) is 86.5 Å². The van der Waals surface area contributed by atoms with Crippen LogP contribution in [0.5, 0.6) is 0 Å². The number of alkyl carbamates (subject to hydrolysis) is 1. The molecule has 0 radical (unpaired) electrons. The topological polar surface area (TPSA) is 202 Å². The molecule has 0 spiro atoms. The Morgan fingerprint density at radius 1 is 0.467 bits per heavy atom. The normalized spacial score (nSPS) is 13.1. The van der Waals surface area contributed by atoms with Crippen LogP contribution in [0.4, 0.5) is 4.79 Å². The third-order valence-electron chi connectivity index (χ3n) is 16.2. The fraction of sp³-hybridized carbons (Fsp3) is 0.743. The van der Waals surface area contributed by atoms with Crippen LogP contribution >= 0.6 is 11.8 Å². The van der Waals surface area contributed by atoms with Crippen molar-refractivity contribution < 1.29 is 57.2 Å². The van der Waals surface area contributed by atoms with E-state index in [9.17, 15) is 33.6 Å². The summed E-state index contributed by atoms with van der Waals surface area (Å²) in [7, 11) is 0. The SMILES string of the molecule is CCCCCCCCCCCCCCCC(=O)OC[C@H](CSC[C@H](NC(=O)OCC1c2ccccc2-c2ccccc21)C(=O)NCCCCCCCC(=O)N[C@@H](CCC(=O)OC(C)(C)C)C(=O)OC(C)(C)C)OC(=O)CCCCCCCCCCCCCCC. The van der Waals surface area contributed by atoms with Gasteiger partial charge < -0.3 is 39.6 Å². The number of amides is 3. The highest BCUT2D eigenvalue weighted by Crippen LogP contribution is 2.44. The van der Waals surface area contributed by atoms with Crippen molar-refractivity contribution in [2.45, 2.75) is 322 Å². The van der Waals surface area contributed by atoms with Gasteiger partial charge in [-0.1, -0.05) is 236 Å². The molecule has 0 bridgehead atoms. The Hall–Kier alpha value is -5.12. The summed E-state index contributed by atoms with van der Waals surface area (Å²) < 4.78 is 28.6. The number of hydrogen-bond donors (Lipinski definition) is 3. The Bertz CT molecular complexity index is 2290. The molecule has 16 heteroatoms. The van der Waals surface area contributed by atoms with E-state index in [1.165, 1.54) is 134 Å². The molecule has 0 fully saturated rings. The molecule has 0 aliphatic heterocycles. The molecule has 90 heavy (non-hydrogen) atoms. The number of benzene rings is 2. The van der Waals surface area contributed by atoms with Crippen LogP contribution in [0.2, 0.25) is 0 Å². The van der Waals surface area contributed by atoms with Gasteiger partial charge in [-0.15, -0.1) is 0 Å². The van der Waals surface area contributed by atoms with Gasteiger partial charge >= 0.3 is 30.0 Å². The first-order chi connectivity index (χ1) is 43.3. The van der Waals surface area contributed by atoms with Crippen LogP contribution in [0.3, 0.4) is 0 Å². The van der Waals surface area contributed by atoms with Gasteiger partial charge in [-0.25, -0.2) is 9.59 Å². The molecule has 0 aromatic heterocycles. The lowest BCUT2D eigenvalue weighted by Gasteiger charge is -2.25. The number of fused-ring (bicyclic) bond motifs is 3. The Kier molecular flexibility index (Phi) is 42.0. The van der Waals surface area contributed by atoms with Crippen molar-refractivity contribution in [1.29, 1.82) is 0 Å². The lowest BCUT2D eigenvalue weighted by atomic mass is 9.98. The molecular formula is C74H121N3O12S. The van der Waals surface area contributed by atoms with Crippen LogP contribution in [0.25, 0.3) is 11.1 Å². The average molecular weight is 1280 g/mol. The van der Waals surface area contributed by atoms with Gasteiger partial charge in [0.25, 0.3) is 0 Å². The summed E-state index contributed by atoms with van der Waals surface area (Å²) in [5.74, 6) is -2.25. The number of unbranched alkanes of at least 4 members (excludes halogenated alkanes) is 28. The number of carbonyl (C=O) groups is 7. The molecule has 3 amide bonds. The van der Waals surface area contributed by atoms with Gasteiger partial charge in [-0.2, -0.15) is 11.8 Å². The highest BCUT2D eigenvalue weighted by atomic mass is 32.2. The van der Waals surface area contributed by atoms with Crippen molar-refractivity contribution in [3.05, 3.63) is 59.7 Å². The van der Waals surface area contributed by atoms with Gasteiger partial charge in [-0.3, -0.25) is 24.0 Å². The second-order valence-electron chi connectivity index (χ2n) is 26.9. The van der Waals surface area contributed by atoms with E-state index in [0.29, 0.717) is 25.8 Å². The molecule has 2 aromatic carbocycles. The van der Waals surface area contributed by atoms with Gasteiger partial charge in [0.1, 0.15) is 42.6 Å². The van der Waals surface area contributed by atoms with Crippen LogP contribution in [0, 0.1) is 0 Å². The summed E-state index contributed by atoms with van der Waals surface area (Å²) in [5.41, 5.74) is 2.88. The molecule has 3 rings (SSSR count). The molecule has 1 aliphatic rings. The first-order valence-electron chi connectivity index (χ1n) is 35.4. The zero-order chi connectivity index (χ0) is 65.7. The predicted octanol–water partition coefficient (Wildman–Crippen LogP) is 17.4. The monoisotopic (exact) mass is 1280 g/mol. The molecule has 1 aliphatic carbocycles. The minimum Gasteiger partial charge on any atom is -0.462 e. The van der Waals surface area contributed by atoms with Crippen molar-refractivity contribution in [3.8, 4) is 11.1 Å². The fourth-order valence-electron chi connectivity index (χ4n) is 11.3. The zero-order valence-electron chi connectivity index (χ0n) is 57.2. The highest BCUT2D eigenvalue weighted by Gasteiger charge is 2.31. The fourth-order valence-corrected chi connectivity index (χ4v) is 12.3. The summed E-state index contributed by atoms with van der Waals surface area (Å²) in [6, 6.07) is 14.2.